The highest BCUT2D eigenvalue weighted by Gasteiger charge is 2.17. The number of aryl methyl sites for hydroxylation is 1. The smallest absolute Gasteiger partial charge is 0.125 e. The van der Waals surface area contributed by atoms with Gasteiger partial charge in [-0.3, -0.25) is 0 Å². The van der Waals surface area contributed by atoms with Crippen LogP contribution >= 0.6 is 0 Å². The molecule has 2 heterocycles. The summed E-state index contributed by atoms with van der Waals surface area (Å²) in [7, 11) is 0. The van der Waals surface area contributed by atoms with Gasteiger partial charge in [-0.1, -0.05) is 18.7 Å². The summed E-state index contributed by atoms with van der Waals surface area (Å²) in [6.45, 7) is 11.4. The van der Waals surface area contributed by atoms with Crippen molar-refractivity contribution in [2.45, 2.75) is 33.2 Å². The summed E-state index contributed by atoms with van der Waals surface area (Å²) in [5.74, 6) is 0.959. The Balaban J connectivity index is 2.07. The van der Waals surface area contributed by atoms with Gasteiger partial charge in [-0.25, -0.2) is 0 Å². The highest BCUT2D eigenvalue weighted by Crippen LogP contribution is 2.29. The zero-order valence-corrected chi connectivity index (χ0v) is 14.1. The lowest BCUT2D eigenvalue weighted by atomic mass is 9.99. The van der Waals surface area contributed by atoms with Gasteiger partial charge in [-0.05, 0) is 74.7 Å². The van der Waals surface area contributed by atoms with Crippen LogP contribution in [0.5, 0.6) is 5.75 Å². The summed E-state index contributed by atoms with van der Waals surface area (Å²) < 4.78 is 2.28. The maximum Gasteiger partial charge on any atom is 0.125 e. The van der Waals surface area contributed by atoms with Gasteiger partial charge in [-0.15, -0.1) is 0 Å². The van der Waals surface area contributed by atoms with Crippen molar-refractivity contribution >= 4 is 12.7 Å². The molecule has 0 saturated carbocycles. The number of phenols is 1. The summed E-state index contributed by atoms with van der Waals surface area (Å²) in [4.78, 5) is 0. The molecule has 0 unspecified atom stereocenters. The quantitative estimate of drug-likeness (QED) is 0.913. The molecule has 0 bridgehead atoms. The molecule has 2 aromatic rings. The van der Waals surface area contributed by atoms with E-state index in [4.69, 9.17) is 0 Å². The van der Waals surface area contributed by atoms with E-state index < -0.39 is 0 Å². The first-order valence-corrected chi connectivity index (χ1v) is 8.45. The fourth-order valence-corrected chi connectivity index (χ4v) is 3.49. The van der Waals surface area contributed by atoms with Crippen molar-refractivity contribution in [2.75, 3.05) is 13.1 Å². The first kappa shape index (κ1) is 15.9. The van der Waals surface area contributed by atoms with Crippen molar-refractivity contribution in [3.8, 4) is 17.0 Å². The summed E-state index contributed by atoms with van der Waals surface area (Å²) in [6.07, 6.45) is 4.57. The van der Waals surface area contributed by atoms with Crippen LogP contribution in [0.2, 0.25) is 0 Å². The molecule has 1 fully saturated rings. The van der Waals surface area contributed by atoms with Crippen LogP contribution in [0.15, 0.2) is 24.3 Å². The number of aromatic hydroxyl groups is 1. The van der Waals surface area contributed by atoms with Gasteiger partial charge in [0, 0.05) is 17.5 Å². The van der Waals surface area contributed by atoms with Gasteiger partial charge in [0.15, 0.2) is 0 Å². The Morgan fingerprint density at radius 2 is 2.22 bits per heavy atom. The molecular weight excluding hydrogens is 284 g/mol. The monoisotopic (exact) mass is 310 g/mol. The predicted molar refractivity (Wildman–Crippen MR) is 96.8 cm³/mol. The molecule has 1 aromatic carbocycles. The number of nitrogens with zero attached hydrogens (tertiary/aromatic N) is 1. The van der Waals surface area contributed by atoms with E-state index in [1.54, 1.807) is 0 Å². The number of hydrogen-bond donors (Lipinski definition) is 2. The van der Waals surface area contributed by atoms with E-state index in [2.05, 4.69) is 28.6 Å². The molecule has 1 aromatic heterocycles. The van der Waals surface area contributed by atoms with E-state index in [9.17, 15) is 5.11 Å². The van der Waals surface area contributed by atoms with Gasteiger partial charge < -0.3 is 15.0 Å². The lowest BCUT2D eigenvalue weighted by Gasteiger charge is -2.24. The number of hydrogen-bond acceptors (Lipinski definition) is 2. The van der Waals surface area contributed by atoms with Crippen LogP contribution in [-0.4, -0.2) is 22.8 Å². The Bertz CT molecular complexity index is 798. The second-order valence-electron chi connectivity index (χ2n) is 6.56. The van der Waals surface area contributed by atoms with Crippen molar-refractivity contribution in [1.82, 2.24) is 9.88 Å². The van der Waals surface area contributed by atoms with Gasteiger partial charge in [0.25, 0.3) is 0 Å². The van der Waals surface area contributed by atoms with Crippen LogP contribution in [0.25, 0.3) is 23.9 Å². The number of nitrogens with one attached hydrogen (secondary N) is 1. The second kappa shape index (κ2) is 6.63. The minimum atomic E-state index is 0.341. The third kappa shape index (κ3) is 3.20. The minimum Gasteiger partial charge on any atom is -0.507 e. The Hall–Kier alpha value is -2.00. The molecule has 3 nitrogen and oxygen atoms in total. The van der Waals surface area contributed by atoms with E-state index in [0.717, 1.165) is 47.0 Å². The van der Waals surface area contributed by atoms with E-state index in [0.29, 0.717) is 11.7 Å². The number of benzene rings is 1. The lowest BCUT2D eigenvalue weighted by molar-refractivity contribution is 0.336. The first-order chi connectivity index (χ1) is 11.1. The number of piperidine rings is 1. The summed E-state index contributed by atoms with van der Waals surface area (Å²) in [6, 6.07) is 8.02. The molecule has 0 radical (unpaired) electrons. The lowest BCUT2D eigenvalue weighted by Crippen LogP contribution is -2.36. The topological polar surface area (TPSA) is 37.2 Å². The Kier molecular flexibility index (Phi) is 4.58. The van der Waals surface area contributed by atoms with Crippen LogP contribution in [-0.2, 0) is 6.54 Å². The largest absolute Gasteiger partial charge is 0.507 e. The van der Waals surface area contributed by atoms with Crippen LogP contribution in [0.3, 0.4) is 0 Å². The molecule has 2 N–H and O–H groups in total. The van der Waals surface area contributed by atoms with Crippen LogP contribution in [0.4, 0.5) is 0 Å². The van der Waals surface area contributed by atoms with E-state index in [1.165, 1.54) is 12.8 Å². The molecule has 3 rings (SSSR count). The van der Waals surface area contributed by atoms with E-state index >= 15 is 0 Å². The Morgan fingerprint density at radius 1 is 1.39 bits per heavy atom. The predicted octanol–water partition coefficient (Wildman–Crippen LogP) is 2.38. The van der Waals surface area contributed by atoms with Gasteiger partial charge in [0.05, 0.1) is 5.69 Å². The number of aromatic nitrogens is 1. The maximum atomic E-state index is 10.4. The molecule has 0 spiro atoms. The average Bonchev–Trinajstić information content (AvgIpc) is 2.85. The number of rotatable bonds is 3. The number of phenolic OH excluding ortho intramolecular Hbond substituents is 1. The van der Waals surface area contributed by atoms with E-state index in [1.807, 2.05) is 32.0 Å². The van der Waals surface area contributed by atoms with Gasteiger partial charge in [0.1, 0.15) is 5.75 Å². The van der Waals surface area contributed by atoms with Crippen LogP contribution < -0.4 is 15.9 Å². The van der Waals surface area contributed by atoms with Crippen LogP contribution in [0.1, 0.15) is 25.3 Å². The summed E-state index contributed by atoms with van der Waals surface area (Å²) in [5, 5.41) is 16.1. The highest BCUT2D eigenvalue weighted by molar-refractivity contribution is 5.68. The molecule has 1 atom stereocenters. The third-order valence-electron chi connectivity index (χ3n) is 4.82. The third-order valence-corrected chi connectivity index (χ3v) is 4.82. The van der Waals surface area contributed by atoms with Crippen molar-refractivity contribution < 1.29 is 5.11 Å². The van der Waals surface area contributed by atoms with Gasteiger partial charge in [-0.2, -0.15) is 0 Å². The first-order valence-electron chi connectivity index (χ1n) is 8.45. The molecular formula is C20H26N2O. The normalized spacial score (nSPS) is 19.2. The van der Waals surface area contributed by atoms with Crippen LogP contribution in [0, 0.1) is 12.8 Å². The fraction of sp³-hybridized carbons (Fsp3) is 0.400. The van der Waals surface area contributed by atoms with Crippen molar-refractivity contribution in [1.29, 1.82) is 0 Å². The Morgan fingerprint density at radius 3 is 2.87 bits per heavy atom. The maximum absolute atomic E-state index is 10.4. The molecule has 1 aliphatic heterocycles. The minimum absolute atomic E-state index is 0.341. The van der Waals surface area contributed by atoms with Gasteiger partial charge in [0.2, 0.25) is 0 Å². The van der Waals surface area contributed by atoms with Crippen molar-refractivity contribution in [3.63, 3.8) is 0 Å². The molecule has 1 saturated heterocycles. The Labute approximate surface area is 138 Å². The SMILES string of the molecule is C=c1/c(=C\C)cc(-c2ccc(C)cc2O)n1C[C@@H]1CCCNC1. The zero-order chi connectivity index (χ0) is 16.4. The fourth-order valence-electron chi connectivity index (χ4n) is 3.49. The molecule has 0 amide bonds. The van der Waals surface area contributed by atoms with Crippen molar-refractivity contribution in [2.24, 2.45) is 5.92 Å². The van der Waals surface area contributed by atoms with Crippen molar-refractivity contribution in [3.05, 3.63) is 40.4 Å². The summed E-state index contributed by atoms with van der Waals surface area (Å²) >= 11 is 0. The zero-order valence-electron chi connectivity index (χ0n) is 14.1. The standard InChI is InChI=1S/C20H26N2O/c1-4-17-11-19(18-8-7-14(2)10-20(18)23)22(15(17)3)13-16-6-5-9-21-12-16/h4,7-8,10-11,16,21,23H,3,5-6,9,12-13H2,1-2H3/b17-4-/t16-/m1/s1. The van der Waals surface area contributed by atoms with Gasteiger partial charge >= 0.3 is 0 Å². The molecule has 122 valence electrons. The molecule has 23 heavy (non-hydrogen) atoms. The molecule has 0 aliphatic carbocycles. The second-order valence-corrected chi connectivity index (χ2v) is 6.56. The van der Waals surface area contributed by atoms with E-state index in [-0.39, 0.29) is 0 Å². The highest BCUT2D eigenvalue weighted by atomic mass is 16.3. The average molecular weight is 310 g/mol. The molecule has 1 aliphatic rings. The summed E-state index contributed by atoms with van der Waals surface area (Å²) in [5.41, 5.74) is 3.02. The molecule has 3 heteroatoms.